The fraction of sp³-hybridized carbons (Fsp3) is 0.316. The lowest BCUT2D eigenvalue weighted by molar-refractivity contribution is -0.121. The van der Waals surface area contributed by atoms with Crippen LogP contribution in [-0.4, -0.2) is 12.5 Å². The smallest absolute Gasteiger partial charge is 0.220 e. The molecule has 1 amide bonds. The van der Waals surface area contributed by atoms with Crippen LogP contribution >= 0.6 is 0 Å². The van der Waals surface area contributed by atoms with Crippen LogP contribution in [0, 0.1) is 5.82 Å². The summed E-state index contributed by atoms with van der Waals surface area (Å²) < 4.78 is 18.8. The molecule has 122 valence electrons. The van der Waals surface area contributed by atoms with Crippen molar-refractivity contribution >= 4 is 5.91 Å². The second kappa shape index (κ2) is 8.32. The van der Waals surface area contributed by atoms with Crippen molar-refractivity contribution in [1.29, 1.82) is 0 Å². The van der Waals surface area contributed by atoms with Crippen molar-refractivity contribution in [2.24, 2.45) is 0 Å². The number of amides is 1. The third kappa shape index (κ3) is 5.09. The Kier molecular flexibility index (Phi) is 6.15. The quantitative estimate of drug-likeness (QED) is 0.837. The monoisotopic (exact) mass is 315 g/mol. The molecule has 0 aliphatic rings. The molecule has 2 aromatic rings. The molecule has 0 heterocycles. The zero-order valence-corrected chi connectivity index (χ0v) is 13.5. The van der Waals surface area contributed by atoms with E-state index in [0.29, 0.717) is 19.4 Å². The molecule has 0 fully saturated rings. The Morgan fingerprint density at radius 2 is 2.00 bits per heavy atom. The van der Waals surface area contributed by atoms with Gasteiger partial charge in [0.15, 0.2) is 0 Å². The molecule has 1 unspecified atom stereocenters. The first-order valence-corrected chi connectivity index (χ1v) is 7.85. The number of carbonyl (C=O) groups is 1. The summed E-state index contributed by atoms with van der Waals surface area (Å²) in [6.07, 6.45) is 0.974. The molecular formula is C19H22FNO2. The first-order valence-electron chi connectivity index (χ1n) is 7.85. The van der Waals surface area contributed by atoms with E-state index < -0.39 is 0 Å². The Hall–Kier alpha value is -2.36. The molecule has 0 aliphatic carbocycles. The maximum Gasteiger partial charge on any atom is 0.220 e. The fourth-order valence-electron chi connectivity index (χ4n) is 2.43. The number of aryl methyl sites for hydroxylation is 1. The molecule has 1 atom stereocenters. The van der Waals surface area contributed by atoms with Crippen molar-refractivity contribution in [2.75, 3.05) is 6.61 Å². The molecule has 0 saturated carbocycles. The van der Waals surface area contributed by atoms with Crippen molar-refractivity contribution in [2.45, 2.75) is 32.7 Å². The number of carbonyl (C=O) groups excluding carboxylic acids is 1. The van der Waals surface area contributed by atoms with Crippen LogP contribution in [0.4, 0.5) is 4.39 Å². The fourth-order valence-corrected chi connectivity index (χ4v) is 2.43. The molecule has 23 heavy (non-hydrogen) atoms. The second-order valence-electron chi connectivity index (χ2n) is 5.38. The standard InChI is InChI=1S/C19H22FNO2/c1-3-23-18-10-5-4-7-15(18)11-12-19(22)21-14(2)16-8-6-9-17(20)13-16/h4-10,13-14H,3,11-12H2,1-2H3,(H,21,22). The van der Waals surface area contributed by atoms with Gasteiger partial charge < -0.3 is 10.1 Å². The van der Waals surface area contributed by atoms with E-state index in [-0.39, 0.29) is 17.8 Å². The predicted molar refractivity (Wildman–Crippen MR) is 88.9 cm³/mol. The van der Waals surface area contributed by atoms with Gasteiger partial charge in [0.1, 0.15) is 11.6 Å². The summed E-state index contributed by atoms with van der Waals surface area (Å²) in [7, 11) is 0. The van der Waals surface area contributed by atoms with Gasteiger partial charge in [-0.05, 0) is 49.6 Å². The molecule has 4 heteroatoms. The number of ether oxygens (including phenoxy) is 1. The van der Waals surface area contributed by atoms with Gasteiger partial charge in [-0.2, -0.15) is 0 Å². The minimum absolute atomic E-state index is 0.0620. The normalized spacial score (nSPS) is 11.8. The molecule has 0 saturated heterocycles. The summed E-state index contributed by atoms with van der Waals surface area (Å²) in [5, 5.41) is 2.90. The lowest BCUT2D eigenvalue weighted by Crippen LogP contribution is -2.26. The lowest BCUT2D eigenvalue weighted by atomic mass is 10.1. The van der Waals surface area contributed by atoms with Crippen LogP contribution in [0.3, 0.4) is 0 Å². The second-order valence-corrected chi connectivity index (χ2v) is 5.38. The molecule has 1 N–H and O–H groups in total. The highest BCUT2D eigenvalue weighted by Crippen LogP contribution is 2.20. The molecule has 2 aromatic carbocycles. The number of hydrogen-bond acceptors (Lipinski definition) is 2. The lowest BCUT2D eigenvalue weighted by Gasteiger charge is -2.15. The average molecular weight is 315 g/mol. The van der Waals surface area contributed by atoms with Crippen LogP contribution in [0.2, 0.25) is 0 Å². The zero-order chi connectivity index (χ0) is 16.7. The molecule has 0 spiro atoms. The third-order valence-electron chi connectivity index (χ3n) is 3.62. The van der Waals surface area contributed by atoms with Crippen molar-refractivity contribution in [3.63, 3.8) is 0 Å². The van der Waals surface area contributed by atoms with E-state index in [4.69, 9.17) is 4.74 Å². The topological polar surface area (TPSA) is 38.3 Å². The molecule has 0 aromatic heterocycles. The molecule has 2 rings (SSSR count). The summed E-state index contributed by atoms with van der Waals surface area (Å²) in [5.41, 5.74) is 1.77. The minimum Gasteiger partial charge on any atom is -0.494 e. The van der Waals surface area contributed by atoms with Crippen LogP contribution in [0.5, 0.6) is 5.75 Å². The SMILES string of the molecule is CCOc1ccccc1CCC(=O)NC(C)c1cccc(F)c1. The van der Waals surface area contributed by atoms with E-state index in [0.717, 1.165) is 16.9 Å². The Labute approximate surface area is 136 Å². The Morgan fingerprint density at radius 1 is 1.22 bits per heavy atom. The Balaban J connectivity index is 1.90. The summed E-state index contributed by atoms with van der Waals surface area (Å²) in [6.45, 7) is 4.38. The minimum atomic E-state index is -0.297. The van der Waals surface area contributed by atoms with Gasteiger partial charge in [0.2, 0.25) is 5.91 Å². The van der Waals surface area contributed by atoms with E-state index in [2.05, 4.69) is 5.32 Å². The van der Waals surface area contributed by atoms with Gasteiger partial charge >= 0.3 is 0 Å². The predicted octanol–water partition coefficient (Wildman–Crippen LogP) is 4.03. The van der Waals surface area contributed by atoms with Gasteiger partial charge in [0.05, 0.1) is 12.6 Å². The van der Waals surface area contributed by atoms with Crippen LogP contribution in [0.15, 0.2) is 48.5 Å². The summed E-state index contributed by atoms with van der Waals surface area (Å²) >= 11 is 0. The van der Waals surface area contributed by atoms with Crippen molar-refractivity contribution < 1.29 is 13.9 Å². The Bertz CT molecular complexity index is 657. The van der Waals surface area contributed by atoms with Crippen LogP contribution < -0.4 is 10.1 Å². The maximum absolute atomic E-state index is 13.2. The largest absolute Gasteiger partial charge is 0.494 e. The van der Waals surface area contributed by atoms with Crippen LogP contribution in [0.25, 0.3) is 0 Å². The highest BCUT2D eigenvalue weighted by Gasteiger charge is 2.11. The van der Waals surface area contributed by atoms with Crippen LogP contribution in [-0.2, 0) is 11.2 Å². The van der Waals surface area contributed by atoms with Crippen molar-refractivity contribution in [3.05, 3.63) is 65.5 Å². The number of rotatable bonds is 7. The Morgan fingerprint density at radius 3 is 2.74 bits per heavy atom. The number of halogens is 1. The van der Waals surface area contributed by atoms with E-state index >= 15 is 0 Å². The highest BCUT2D eigenvalue weighted by molar-refractivity contribution is 5.76. The summed E-state index contributed by atoms with van der Waals surface area (Å²) in [5.74, 6) is 0.461. The van der Waals surface area contributed by atoms with Gasteiger partial charge in [-0.25, -0.2) is 4.39 Å². The number of benzene rings is 2. The van der Waals surface area contributed by atoms with Crippen molar-refractivity contribution in [1.82, 2.24) is 5.32 Å². The number of hydrogen-bond donors (Lipinski definition) is 1. The van der Waals surface area contributed by atoms with Gasteiger partial charge in [-0.3, -0.25) is 4.79 Å². The molecule has 0 bridgehead atoms. The summed E-state index contributed by atoms with van der Waals surface area (Å²) in [6, 6.07) is 13.8. The molecule has 0 aliphatic heterocycles. The first-order chi connectivity index (χ1) is 11.1. The average Bonchev–Trinajstić information content (AvgIpc) is 2.54. The van der Waals surface area contributed by atoms with Crippen LogP contribution in [0.1, 0.15) is 37.4 Å². The summed E-state index contributed by atoms with van der Waals surface area (Å²) in [4.78, 5) is 12.1. The van der Waals surface area contributed by atoms with Gasteiger partial charge in [-0.1, -0.05) is 30.3 Å². The molecule has 3 nitrogen and oxygen atoms in total. The first kappa shape index (κ1) is 17.0. The van der Waals surface area contributed by atoms with E-state index in [1.165, 1.54) is 12.1 Å². The highest BCUT2D eigenvalue weighted by atomic mass is 19.1. The van der Waals surface area contributed by atoms with Gasteiger partial charge in [0, 0.05) is 6.42 Å². The van der Waals surface area contributed by atoms with Gasteiger partial charge in [0.25, 0.3) is 0 Å². The zero-order valence-electron chi connectivity index (χ0n) is 13.5. The number of para-hydroxylation sites is 1. The molecule has 0 radical (unpaired) electrons. The van der Waals surface area contributed by atoms with E-state index in [1.54, 1.807) is 12.1 Å². The maximum atomic E-state index is 13.2. The molecular weight excluding hydrogens is 293 g/mol. The van der Waals surface area contributed by atoms with E-state index in [1.807, 2.05) is 38.1 Å². The van der Waals surface area contributed by atoms with E-state index in [9.17, 15) is 9.18 Å². The van der Waals surface area contributed by atoms with Crippen molar-refractivity contribution in [3.8, 4) is 5.75 Å². The third-order valence-corrected chi connectivity index (χ3v) is 3.62. The number of nitrogens with one attached hydrogen (secondary N) is 1. The van der Waals surface area contributed by atoms with Gasteiger partial charge in [-0.15, -0.1) is 0 Å².